The molecule has 0 aliphatic carbocycles. The molecule has 0 spiro atoms. The molecule has 0 heterocycles. The molecule has 1 aromatic rings. The Balaban J connectivity index is 3.67. The van der Waals surface area contributed by atoms with Crippen LogP contribution < -0.4 is 0 Å². The summed E-state index contributed by atoms with van der Waals surface area (Å²) < 4.78 is 40.0. The third kappa shape index (κ3) is 1.72. The zero-order chi connectivity index (χ0) is 12.3. The van der Waals surface area contributed by atoms with Gasteiger partial charge >= 0.3 is 0 Å². The van der Waals surface area contributed by atoms with Crippen LogP contribution in [0.5, 0.6) is 0 Å². The summed E-state index contributed by atoms with van der Waals surface area (Å²) in [5, 5.41) is 17.1. The Morgan fingerprint density at radius 3 is 1.88 bits per heavy atom. The van der Waals surface area contributed by atoms with Gasteiger partial charge in [0.25, 0.3) is 0 Å². The number of nitrogens with zero attached hydrogens (tertiary/aromatic N) is 2. The van der Waals surface area contributed by atoms with Crippen molar-refractivity contribution in [1.82, 2.24) is 0 Å². The highest BCUT2D eigenvalue weighted by Gasteiger charge is 2.24. The molecule has 0 saturated carbocycles. The van der Waals surface area contributed by atoms with E-state index in [4.69, 9.17) is 10.5 Å². The van der Waals surface area contributed by atoms with Gasteiger partial charge in [-0.2, -0.15) is 10.5 Å². The van der Waals surface area contributed by atoms with Crippen molar-refractivity contribution in [1.29, 1.82) is 10.5 Å². The predicted octanol–water partition coefficient (Wildman–Crippen LogP) is 2.80. The molecule has 0 N–H and O–H groups in total. The molecule has 0 amide bonds. The lowest BCUT2D eigenvalue weighted by Crippen LogP contribution is -2.06. The Labute approximate surface area is 90.5 Å². The Morgan fingerprint density at radius 1 is 0.938 bits per heavy atom. The summed E-state index contributed by atoms with van der Waals surface area (Å²) in [4.78, 5) is 0. The molecule has 1 aromatic carbocycles. The summed E-state index contributed by atoms with van der Waals surface area (Å²) in [7, 11) is 0. The van der Waals surface area contributed by atoms with Crippen molar-refractivity contribution in [2.24, 2.45) is 0 Å². The molecule has 16 heavy (non-hydrogen) atoms. The van der Waals surface area contributed by atoms with Gasteiger partial charge in [-0.15, -0.1) is 0 Å². The second-order valence-corrected chi connectivity index (χ2v) is 3.14. The lowest BCUT2D eigenvalue weighted by atomic mass is 9.99. The van der Waals surface area contributed by atoms with Crippen molar-refractivity contribution in [2.75, 3.05) is 0 Å². The van der Waals surface area contributed by atoms with Gasteiger partial charge < -0.3 is 0 Å². The molecule has 0 unspecified atom stereocenters. The van der Waals surface area contributed by atoms with Crippen LogP contribution in [0, 0.1) is 40.1 Å². The number of halogens is 3. The molecule has 0 aromatic heterocycles. The molecule has 2 nitrogen and oxygen atoms in total. The molecule has 1 rings (SSSR count). The van der Waals surface area contributed by atoms with Crippen molar-refractivity contribution < 1.29 is 13.2 Å². The van der Waals surface area contributed by atoms with Gasteiger partial charge in [-0.05, 0) is 6.42 Å². The number of rotatable bonds is 2. The average Bonchev–Trinajstić information content (AvgIpc) is 2.27. The first-order chi connectivity index (χ1) is 7.58. The van der Waals surface area contributed by atoms with Crippen molar-refractivity contribution in [3.8, 4) is 12.1 Å². The van der Waals surface area contributed by atoms with E-state index in [1.165, 1.54) is 12.1 Å². The van der Waals surface area contributed by atoms with Crippen LogP contribution in [0.2, 0.25) is 0 Å². The van der Waals surface area contributed by atoms with E-state index in [1.807, 2.05) is 0 Å². The van der Waals surface area contributed by atoms with E-state index >= 15 is 0 Å². The Hall–Kier alpha value is -2.01. The van der Waals surface area contributed by atoms with Gasteiger partial charge in [-0.1, -0.05) is 13.3 Å². The van der Waals surface area contributed by atoms with E-state index in [0.717, 1.165) is 0 Å². The smallest absolute Gasteiger partial charge is 0.180 e. The quantitative estimate of drug-likeness (QED) is 0.725. The first-order valence-corrected chi connectivity index (χ1v) is 4.57. The third-order valence-electron chi connectivity index (χ3n) is 2.14. The summed E-state index contributed by atoms with van der Waals surface area (Å²) in [6, 6.07) is 2.67. The minimum Gasteiger partial charge on any atom is -0.205 e. The lowest BCUT2D eigenvalue weighted by molar-refractivity contribution is 0.483. The lowest BCUT2D eigenvalue weighted by Gasteiger charge is -2.08. The molecule has 82 valence electrons. The average molecular weight is 224 g/mol. The van der Waals surface area contributed by atoms with Crippen LogP contribution in [0.25, 0.3) is 0 Å². The van der Waals surface area contributed by atoms with E-state index < -0.39 is 28.6 Å². The maximum atomic E-state index is 13.6. The number of hydrogen-bond acceptors (Lipinski definition) is 2. The van der Waals surface area contributed by atoms with E-state index in [9.17, 15) is 13.2 Å². The highest BCUT2D eigenvalue weighted by Crippen LogP contribution is 2.25. The molecule has 0 aliphatic rings. The monoisotopic (exact) mass is 224 g/mol. The van der Waals surface area contributed by atoms with E-state index in [-0.39, 0.29) is 12.0 Å². The summed E-state index contributed by atoms with van der Waals surface area (Å²) >= 11 is 0. The highest BCUT2D eigenvalue weighted by molar-refractivity contribution is 5.47. The first kappa shape index (κ1) is 12.1. The van der Waals surface area contributed by atoms with Crippen LogP contribution in [-0.4, -0.2) is 0 Å². The largest absolute Gasteiger partial charge is 0.205 e. The molecule has 0 fully saturated rings. The fourth-order valence-electron chi connectivity index (χ4n) is 1.41. The SMILES string of the molecule is CCCc1c(F)c(C#N)c(F)c(F)c1C#N. The second-order valence-electron chi connectivity index (χ2n) is 3.14. The number of hydrogen-bond donors (Lipinski definition) is 0. The van der Waals surface area contributed by atoms with Crippen molar-refractivity contribution >= 4 is 0 Å². The van der Waals surface area contributed by atoms with Crippen molar-refractivity contribution in [3.05, 3.63) is 34.1 Å². The molecule has 0 saturated heterocycles. The molecular weight excluding hydrogens is 217 g/mol. The van der Waals surface area contributed by atoms with E-state index in [1.54, 1.807) is 6.92 Å². The standard InChI is InChI=1S/C11H7F3N2/c1-2-3-6-7(4-15)10(13)11(14)8(5-16)9(6)12/h2-3H2,1H3. The van der Waals surface area contributed by atoms with Gasteiger partial charge in [-0.25, -0.2) is 13.2 Å². The van der Waals surface area contributed by atoms with Crippen LogP contribution in [0.4, 0.5) is 13.2 Å². The molecular formula is C11H7F3N2. The Morgan fingerprint density at radius 2 is 1.44 bits per heavy atom. The molecule has 5 heteroatoms. The molecule has 0 aliphatic heterocycles. The van der Waals surface area contributed by atoms with Gasteiger partial charge in [0.1, 0.15) is 23.5 Å². The zero-order valence-corrected chi connectivity index (χ0v) is 8.44. The Bertz CT molecular complexity index is 510. The second kappa shape index (κ2) is 4.67. The minimum absolute atomic E-state index is 0.0839. The topological polar surface area (TPSA) is 47.6 Å². The summed E-state index contributed by atoms with van der Waals surface area (Å²) in [5.41, 5.74) is -1.86. The number of nitriles is 2. The maximum absolute atomic E-state index is 13.6. The maximum Gasteiger partial charge on any atom is 0.180 e. The molecule has 0 bridgehead atoms. The zero-order valence-electron chi connectivity index (χ0n) is 8.44. The van der Waals surface area contributed by atoms with E-state index in [2.05, 4.69) is 0 Å². The van der Waals surface area contributed by atoms with Gasteiger partial charge in [0.15, 0.2) is 11.6 Å². The third-order valence-corrected chi connectivity index (χ3v) is 2.14. The van der Waals surface area contributed by atoms with Gasteiger partial charge in [0.2, 0.25) is 0 Å². The fourth-order valence-corrected chi connectivity index (χ4v) is 1.41. The van der Waals surface area contributed by atoms with Gasteiger partial charge in [0, 0.05) is 5.56 Å². The summed E-state index contributed by atoms with van der Waals surface area (Å²) in [6.45, 7) is 1.70. The summed E-state index contributed by atoms with van der Waals surface area (Å²) in [5.74, 6) is -4.19. The van der Waals surface area contributed by atoms with Gasteiger partial charge in [0.05, 0.1) is 5.56 Å². The molecule has 0 atom stereocenters. The first-order valence-electron chi connectivity index (χ1n) is 4.57. The number of benzene rings is 1. The van der Waals surface area contributed by atoms with Crippen molar-refractivity contribution in [3.63, 3.8) is 0 Å². The summed E-state index contributed by atoms with van der Waals surface area (Å²) in [6.07, 6.45) is 0.544. The van der Waals surface area contributed by atoms with Crippen LogP contribution in [0.15, 0.2) is 0 Å². The van der Waals surface area contributed by atoms with E-state index in [0.29, 0.717) is 6.42 Å². The van der Waals surface area contributed by atoms with Crippen LogP contribution >= 0.6 is 0 Å². The molecule has 0 radical (unpaired) electrons. The van der Waals surface area contributed by atoms with Crippen LogP contribution in [0.1, 0.15) is 30.0 Å². The predicted molar refractivity (Wildman–Crippen MR) is 49.7 cm³/mol. The normalized spacial score (nSPS) is 9.62. The van der Waals surface area contributed by atoms with Crippen LogP contribution in [-0.2, 0) is 6.42 Å². The minimum atomic E-state index is -1.60. The van der Waals surface area contributed by atoms with Crippen LogP contribution in [0.3, 0.4) is 0 Å². The highest BCUT2D eigenvalue weighted by atomic mass is 19.2. The Kier molecular flexibility index (Phi) is 3.52. The van der Waals surface area contributed by atoms with Gasteiger partial charge in [-0.3, -0.25) is 0 Å². The fraction of sp³-hybridized carbons (Fsp3) is 0.273. The van der Waals surface area contributed by atoms with Crippen molar-refractivity contribution in [2.45, 2.75) is 19.8 Å².